The number of aromatic nitrogens is 5. The summed E-state index contributed by atoms with van der Waals surface area (Å²) in [6.07, 6.45) is -0.162. The molecule has 0 atom stereocenters. The zero-order valence-electron chi connectivity index (χ0n) is 15.7. The quantitative estimate of drug-likeness (QED) is 0.454. The van der Waals surface area contributed by atoms with Gasteiger partial charge in [0.05, 0.1) is 0 Å². The SMILES string of the molecule is Cn1cc(-c2nccs2)nc1CCc1nc(NCC(F)(F)F)c2cccc(F)c2n1. The van der Waals surface area contributed by atoms with Crippen LogP contribution in [0.5, 0.6) is 0 Å². The number of halogens is 4. The monoisotopic (exact) mass is 436 g/mol. The molecule has 1 N–H and O–H groups in total. The van der Waals surface area contributed by atoms with Crippen molar-refractivity contribution < 1.29 is 17.6 Å². The molecule has 30 heavy (non-hydrogen) atoms. The van der Waals surface area contributed by atoms with Crippen molar-refractivity contribution in [2.45, 2.75) is 19.0 Å². The van der Waals surface area contributed by atoms with Crippen LogP contribution in [-0.4, -0.2) is 37.2 Å². The van der Waals surface area contributed by atoms with E-state index in [4.69, 9.17) is 0 Å². The van der Waals surface area contributed by atoms with Crippen LogP contribution in [0.3, 0.4) is 0 Å². The number of thiazole rings is 1. The molecule has 0 saturated heterocycles. The van der Waals surface area contributed by atoms with E-state index < -0.39 is 18.5 Å². The largest absolute Gasteiger partial charge is 0.405 e. The topological polar surface area (TPSA) is 68.5 Å². The van der Waals surface area contributed by atoms with Gasteiger partial charge in [0.25, 0.3) is 0 Å². The number of nitrogens with one attached hydrogen (secondary N) is 1. The Hall–Kier alpha value is -3.08. The number of hydrogen-bond donors (Lipinski definition) is 1. The van der Waals surface area contributed by atoms with Crippen LogP contribution in [0.2, 0.25) is 0 Å². The highest BCUT2D eigenvalue weighted by atomic mass is 32.1. The van der Waals surface area contributed by atoms with E-state index in [0.717, 1.165) is 16.5 Å². The van der Waals surface area contributed by atoms with Gasteiger partial charge in [-0.05, 0) is 12.1 Å². The third-order valence-corrected chi connectivity index (χ3v) is 5.17. The zero-order valence-corrected chi connectivity index (χ0v) is 16.6. The lowest BCUT2D eigenvalue weighted by molar-refractivity contribution is -0.115. The Kier molecular flexibility index (Phi) is 5.37. The van der Waals surface area contributed by atoms with Crippen LogP contribution in [0, 0.1) is 5.82 Å². The number of hydrogen-bond acceptors (Lipinski definition) is 6. The summed E-state index contributed by atoms with van der Waals surface area (Å²) < 4.78 is 54.1. The van der Waals surface area contributed by atoms with Gasteiger partial charge in [-0.15, -0.1) is 11.3 Å². The van der Waals surface area contributed by atoms with E-state index in [1.54, 1.807) is 6.20 Å². The van der Waals surface area contributed by atoms with E-state index in [9.17, 15) is 17.6 Å². The van der Waals surface area contributed by atoms with Crippen LogP contribution in [0.1, 0.15) is 11.6 Å². The average molecular weight is 436 g/mol. The first kappa shape index (κ1) is 20.2. The Balaban J connectivity index is 1.60. The Morgan fingerprint density at radius 3 is 2.70 bits per heavy atom. The maximum atomic E-state index is 14.2. The van der Waals surface area contributed by atoms with Crippen LogP contribution in [0.25, 0.3) is 21.6 Å². The molecule has 0 aliphatic rings. The van der Waals surface area contributed by atoms with Gasteiger partial charge in [-0.2, -0.15) is 13.2 Å². The Labute approximate surface area is 172 Å². The molecule has 0 unspecified atom stereocenters. The molecular formula is C19H16F4N6S. The van der Waals surface area contributed by atoms with E-state index in [0.29, 0.717) is 6.42 Å². The number of alkyl halides is 3. The highest BCUT2D eigenvalue weighted by Crippen LogP contribution is 2.25. The molecule has 3 heterocycles. The second-order valence-corrected chi connectivity index (χ2v) is 7.48. The number of fused-ring (bicyclic) bond motifs is 1. The van der Waals surface area contributed by atoms with Crippen LogP contribution in [0.15, 0.2) is 36.0 Å². The third kappa shape index (κ3) is 4.40. The molecule has 0 aliphatic heterocycles. The number of anilines is 1. The summed E-state index contributed by atoms with van der Waals surface area (Å²) in [5, 5.41) is 5.11. The van der Waals surface area contributed by atoms with Crippen LogP contribution in [-0.2, 0) is 19.9 Å². The second-order valence-electron chi connectivity index (χ2n) is 6.58. The average Bonchev–Trinajstić information content (AvgIpc) is 3.34. The maximum absolute atomic E-state index is 14.2. The van der Waals surface area contributed by atoms with Crippen molar-refractivity contribution in [3.8, 4) is 10.7 Å². The lowest BCUT2D eigenvalue weighted by atomic mass is 10.2. The van der Waals surface area contributed by atoms with Crippen molar-refractivity contribution >= 4 is 28.1 Å². The summed E-state index contributed by atoms with van der Waals surface area (Å²) in [5.74, 6) is 0.308. The van der Waals surface area contributed by atoms with Crippen molar-refractivity contribution in [3.05, 3.63) is 53.4 Å². The maximum Gasteiger partial charge on any atom is 0.405 e. The molecule has 0 aliphatic carbocycles. The molecule has 1 aromatic carbocycles. The molecule has 0 spiro atoms. The summed E-state index contributed by atoms with van der Waals surface area (Å²) in [6.45, 7) is -1.27. The van der Waals surface area contributed by atoms with Crippen molar-refractivity contribution in [1.82, 2.24) is 24.5 Å². The van der Waals surface area contributed by atoms with Gasteiger partial charge in [0, 0.05) is 43.0 Å². The fraction of sp³-hybridized carbons (Fsp3) is 0.263. The Morgan fingerprint density at radius 1 is 1.13 bits per heavy atom. The first-order valence-corrected chi connectivity index (χ1v) is 9.86. The smallest absolute Gasteiger partial charge is 0.361 e. The van der Waals surface area contributed by atoms with Crippen molar-refractivity contribution in [1.29, 1.82) is 0 Å². The number of aryl methyl sites for hydroxylation is 3. The van der Waals surface area contributed by atoms with Gasteiger partial charge in [0.2, 0.25) is 0 Å². The number of imidazole rings is 1. The summed E-state index contributed by atoms with van der Waals surface area (Å²) in [7, 11) is 1.84. The lowest BCUT2D eigenvalue weighted by Crippen LogP contribution is -2.22. The molecule has 0 bridgehead atoms. The van der Waals surface area contributed by atoms with Gasteiger partial charge in [0.15, 0.2) is 0 Å². The summed E-state index contributed by atoms with van der Waals surface area (Å²) in [6, 6.07) is 4.11. The van der Waals surface area contributed by atoms with Crippen LogP contribution < -0.4 is 5.32 Å². The molecule has 156 valence electrons. The first-order chi connectivity index (χ1) is 14.3. The number of rotatable bonds is 6. The molecule has 0 amide bonds. The molecule has 0 fully saturated rings. The first-order valence-electron chi connectivity index (χ1n) is 8.98. The number of para-hydroxylation sites is 1. The van der Waals surface area contributed by atoms with Gasteiger partial charge >= 0.3 is 6.18 Å². The van der Waals surface area contributed by atoms with Gasteiger partial charge < -0.3 is 9.88 Å². The molecule has 6 nitrogen and oxygen atoms in total. The zero-order chi connectivity index (χ0) is 21.3. The minimum atomic E-state index is -4.43. The molecule has 4 rings (SSSR count). The fourth-order valence-electron chi connectivity index (χ4n) is 3.01. The molecular weight excluding hydrogens is 420 g/mol. The molecule has 4 aromatic rings. The summed E-state index contributed by atoms with van der Waals surface area (Å²) in [5.41, 5.74) is 0.719. The van der Waals surface area contributed by atoms with E-state index in [2.05, 4.69) is 25.3 Å². The van der Waals surface area contributed by atoms with Crippen molar-refractivity contribution in [3.63, 3.8) is 0 Å². The van der Waals surface area contributed by atoms with E-state index >= 15 is 0 Å². The van der Waals surface area contributed by atoms with Crippen molar-refractivity contribution in [2.75, 3.05) is 11.9 Å². The highest BCUT2D eigenvalue weighted by molar-refractivity contribution is 7.13. The molecule has 0 saturated carbocycles. The third-order valence-electron chi connectivity index (χ3n) is 4.38. The minimum Gasteiger partial charge on any atom is -0.361 e. The molecule has 0 radical (unpaired) electrons. The van der Waals surface area contributed by atoms with Gasteiger partial charge in [-0.25, -0.2) is 24.3 Å². The number of nitrogens with zero attached hydrogens (tertiary/aromatic N) is 5. The van der Waals surface area contributed by atoms with Crippen molar-refractivity contribution in [2.24, 2.45) is 7.05 Å². The second kappa shape index (κ2) is 7.98. The Bertz CT molecular complexity index is 1170. The Morgan fingerprint density at radius 2 is 1.97 bits per heavy atom. The van der Waals surface area contributed by atoms with Gasteiger partial charge in [0.1, 0.15) is 46.0 Å². The lowest BCUT2D eigenvalue weighted by Gasteiger charge is -2.13. The van der Waals surface area contributed by atoms with E-state index in [-0.39, 0.29) is 29.0 Å². The van der Waals surface area contributed by atoms with E-state index in [1.807, 2.05) is 23.2 Å². The van der Waals surface area contributed by atoms with Crippen LogP contribution in [0.4, 0.5) is 23.4 Å². The standard InChI is InChI=1S/C19H16F4N6S/c1-29-9-13(18-24-7-8-30-18)26-15(29)6-5-14-27-16-11(3-2-4-12(16)20)17(28-14)25-10-19(21,22)23/h2-4,7-9H,5-6,10H2,1H3,(H,25,27,28). The summed E-state index contributed by atoms with van der Waals surface area (Å²) in [4.78, 5) is 17.2. The van der Waals surface area contributed by atoms with Crippen LogP contribution >= 0.6 is 11.3 Å². The number of benzene rings is 1. The minimum absolute atomic E-state index is 0.0181. The van der Waals surface area contributed by atoms with Gasteiger partial charge in [-0.1, -0.05) is 6.07 Å². The molecule has 11 heteroatoms. The fourth-order valence-corrected chi connectivity index (χ4v) is 3.60. The van der Waals surface area contributed by atoms with E-state index in [1.165, 1.54) is 29.5 Å². The normalized spacial score (nSPS) is 11.9. The predicted octanol–water partition coefficient (Wildman–Crippen LogP) is 4.39. The molecule has 3 aromatic heterocycles. The summed E-state index contributed by atoms with van der Waals surface area (Å²) >= 11 is 1.47. The predicted molar refractivity (Wildman–Crippen MR) is 106 cm³/mol. The van der Waals surface area contributed by atoms with Gasteiger partial charge in [-0.3, -0.25) is 0 Å². The highest BCUT2D eigenvalue weighted by Gasteiger charge is 2.27.